The first kappa shape index (κ1) is 17.7. The number of thiophene rings is 1. The molecule has 0 saturated carbocycles. The molecule has 3 heterocycles. The molecule has 4 nitrogen and oxygen atoms in total. The largest absolute Gasteiger partial charge is 0.380 e. The molecule has 1 aliphatic rings. The summed E-state index contributed by atoms with van der Waals surface area (Å²) in [5.41, 5.74) is 9.16. The fraction of sp³-hybridized carbons (Fsp3) is 0.263. The number of halogens is 2. The zero-order valence-corrected chi connectivity index (χ0v) is 16.3. The minimum atomic E-state index is 0.0780. The topological polar surface area (TPSA) is 63.8 Å². The van der Waals surface area contributed by atoms with E-state index in [4.69, 9.17) is 28.9 Å². The third-order valence-electron chi connectivity index (χ3n) is 4.63. The Labute approximate surface area is 166 Å². The molecule has 134 valence electrons. The first-order valence-electron chi connectivity index (χ1n) is 8.45. The Hall–Kier alpha value is -1.66. The minimum absolute atomic E-state index is 0.0780. The quantitative estimate of drug-likeness (QED) is 0.452. The molecule has 0 aliphatic heterocycles. The second kappa shape index (κ2) is 7.53. The van der Waals surface area contributed by atoms with Gasteiger partial charge in [0, 0.05) is 41.8 Å². The predicted molar refractivity (Wildman–Crippen MR) is 110 cm³/mol. The standard InChI is InChI=1S/C19H18Cl2N4S/c20-15-9-14(24-10-11-5-7-23-8-6-11)19-17(25-15)16(21)18(26-19)12-3-1-2-4-13(12)22/h1-2,5-9,12-13H,3-4,10,22H2,(H,24,25)/t12-,13-/m1/s1. The lowest BCUT2D eigenvalue weighted by molar-refractivity contribution is 0.528. The highest BCUT2D eigenvalue weighted by molar-refractivity contribution is 7.20. The molecule has 3 N–H and O–H groups in total. The molecule has 26 heavy (non-hydrogen) atoms. The lowest BCUT2D eigenvalue weighted by atomic mass is 9.88. The highest BCUT2D eigenvalue weighted by atomic mass is 35.5. The van der Waals surface area contributed by atoms with Crippen LogP contribution in [0.1, 0.15) is 29.2 Å². The molecule has 0 saturated heterocycles. The number of pyridine rings is 2. The van der Waals surface area contributed by atoms with Crippen molar-refractivity contribution in [1.82, 2.24) is 9.97 Å². The number of anilines is 1. The van der Waals surface area contributed by atoms with E-state index in [0.29, 0.717) is 16.7 Å². The molecule has 1 aliphatic carbocycles. The van der Waals surface area contributed by atoms with Crippen molar-refractivity contribution in [3.05, 3.63) is 63.4 Å². The fourth-order valence-electron chi connectivity index (χ4n) is 3.23. The van der Waals surface area contributed by atoms with Gasteiger partial charge in [-0.05, 0) is 30.5 Å². The van der Waals surface area contributed by atoms with Gasteiger partial charge in [-0.1, -0.05) is 35.4 Å². The smallest absolute Gasteiger partial charge is 0.131 e. The van der Waals surface area contributed by atoms with Gasteiger partial charge in [0.1, 0.15) is 10.7 Å². The minimum Gasteiger partial charge on any atom is -0.380 e. The lowest BCUT2D eigenvalue weighted by Gasteiger charge is -2.24. The van der Waals surface area contributed by atoms with Gasteiger partial charge in [0.2, 0.25) is 0 Å². The van der Waals surface area contributed by atoms with Crippen LogP contribution in [-0.4, -0.2) is 16.0 Å². The predicted octanol–water partition coefficient (Wildman–Crippen LogP) is 5.37. The van der Waals surface area contributed by atoms with Crippen molar-refractivity contribution >= 4 is 50.4 Å². The molecule has 0 fully saturated rings. The van der Waals surface area contributed by atoms with Crippen LogP contribution in [0.3, 0.4) is 0 Å². The molecule has 4 rings (SSSR count). The van der Waals surface area contributed by atoms with Crippen LogP contribution in [-0.2, 0) is 6.54 Å². The van der Waals surface area contributed by atoms with Gasteiger partial charge in [0.15, 0.2) is 0 Å². The lowest BCUT2D eigenvalue weighted by Crippen LogP contribution is -2.29. The molecule has 0 bridgehead atoms. The molecule has 0 radical (unpaired) electrons. The monoisotopic (exact) mass is 404 g/mol. The molecule has 0 amide bonds. The number of aromatic nitrogens is 2. The van der Waals surface area contributed by atoms with Crippen molar-refractivity contribution in [2.45, 2.75) is 31.3 Å². The summed E-state index contributed by atoms with van der Waals surface area (Å²) < 4.78 is 1.02. The second-order valence-electron chi connectivity index (χ2n) is 6.37. The summed E-state index contributed by atoms with van der Waals surface area (Å²) in [7, 11) is 0. The van der Waals surface area contributed by atoms with Gasteiger partial charge >= 0.3 is 0 Å². The van der Waals surface area contributed by atoms with E-state index in [0.717, 1.165) is 39.2 Å². The van der Waals surface area contributed by atoms with Crippen molar-refractivity contribution in [3.8, 4) is 0 Å². The third-order valence-corrected chi connectivity index (χ3v) is 6.66. The number of fused-ring (bicyclic) bond motifs is 1. The van der Waals surface area contributed by atoms with Crippen molar-refractivity contribution < 1.29 is 0 Å². The highest BCUT2D eigenvalue weighted by Crippen LogP contribution is 2.45. The van der Waals surface area contributed by atoms with Gasteiger partial charge in [-0.3, -0.25) is 4.98 Å². The van der Waals surface area contributed by atoms with Crippen molar-refractivity contribution in [2.75, 3.05) is 5.32 Å². The number of rotatable bonds is 4. The summed E-state index contributed by atoms with van der Waals surface area (Å²) in [6.45, 7) is 0.675. The summed E-state index contributed by atoms with van der Waals surface area (Å²) in [6.07, 6.45) is 9.66. The van der Waals surface area contributed by atoms with Gasteiger partial charge in [0.25, 0.3) is 0 Å². The normalized spacial score (nSPS) is 19.8. The Bertz CT molecular complexity index is 955. The first-order chi connectivity index (χ1) is 12.6. The molecular weight excluding hydrogens is 387 g/mol. The summed E-state index contributed by atoms with van der Waals surface area (Å²) in [5.74, 6) is 0.221. The number of hydrogen-bond acceptors (Lipinski definition) is 5. The van der Waals surface area contributed by atoms with Crippen LogP contribution in [0.2, 0.25) is 10.2 Å². The van der Waals surface area contributed by atoms with E-state index < -0.39 is 0 Å². The van der Waals surface area contributed by atoms with E-state index in [-0.39, 0.29) is 12.0 Å². The van der Waals surface area contributed by atoms with Gasteiger partial charge in [-0.2, -0.15) is 0 Å². The van der Waals surface area contributed by atoms with E-state index in [1.165, 1.54) is 0 Å². The van der Waals surface area contributed by atoms with Crippen molar-refractivity contribution in [1.29, 1.82) is 0 Å². The van der Waals surface area contributed by atoms with Gasteiger partial charge < -0.3 is 11.1 Å². The molecular formula is C19H18Cl2N4S. The van der Waals surface area contributed by atoms with E-state index in [1.54, 1.807) is 23.7 Å². The molecule has 3 aromatic rings. The Morgan fingerprint density at radius 1 is 1.19 bits per heavy atom. The SMILES string of the molecule is N[C@@H]1CC=CC[C@H]1c1sc2c(NCc3ccncc3)cc(Cl)nc2c1Cl. The van der Waals surface area contributed by atoms with Crippen LogP contribution in [0.15, 0.2) is 42.7 Å². The third kappa shape index (κ3) is 3.45. The van der Waals surface area contributed by atoms with Crippen LogP contribution in [0.5, 0.6) is 0 Å². The van der Waals surface area contributed by atoms with Crippen LogP contribution < -0.4 is 11.1 Å². The zero-order valence-electron chi connectivity index (χ0n) is 14.0. The van der Waals surface area contributed by atoms with E-state index in [1.807, 2.05) is 18.2 Å². The maximum Gasteiger partial charge on any atom is 0.131 e. The van der Waals surface area contributed by atoms with Gasteiger partial charge in [-0.15, -0.1) is 11.3 Å². The Morgan fingerprint density at radius 2 is 1.96 bits per heavy atom. The Kier molecular flexibility index (Phi) is 5.14. The molecule has 0 aromatic carbocycles. The summed E-state index contributed by atoms with van der Waals surface area (Å²) >= 11 is 14.6. The first-order valence-corrected chi connectivity index (χ1v) is 10.0. The summed E-state index contributed by atoms with van der Waals surface area (Å²) in [4.78, 5) is 9.61. The van der Waals surface area contributed by atoms with E-state index in [9.17, 15) is 0 Å². The average Bonchev–Trinajstić information content (AvgIpc) is 2.98. The number of hydrogen-bond donors (Lipinski definition) is 2. The fourth-order valence-corrected chi connectivity index (χ4v) is 5.19. The zero-order chi connectivity index (χ0) is 18.1. The van der Waals surface area contributed by atoms with Crippen molar-refractivity contribution in [3.63, 3.8) is 0 Å². The number of nitrogens with two attached hydrogens (primary N) is 1. The van der Waals surface area contributed by atoms with Crippen LogP contribution >= 0.6 is 34.5 Å². The van der Waals surface area contributed by atoms with Crippen molar-refractivity contribution in [2.24, 2.45) is 5.73 Å². The molecule has 3 aromatic heterocycles. The number of nitrogens with one attached hydrogen (secondary N) is 1. The average molecular weight is 405 g/mol. The second-order valence-corrected chi connectivity index (χ2v) is 8.19. The molecule has 0 unspecified atom stereocenters. The highest BCUT2D eigenvalue weighted by Gasteiger charge is 2.27. The van der Waals surface area contributed by atoms with E-state index >= 15 is 0 Å². The Balaban J connectivity index is 1.72. The summed E-state index contributed by atoms with van der Waals surface area (Å²) in [5, 5.41) is 4.55. The molecule has 2 atom stereocenters. The maximum absolute atomic E-state index is 6.69. The molecule has 7 heteroatoms. The van der Waals surface area contributed by atoms with Gasteiger partial charge in [-0.25, -0.2) is 4.98 Å². The number of nitrogens with zero attached hydrogens (tertiary/aromatic N) is 2. The maximum atomic E-state index is 6.69. The Morgan fingerprint density at radius 3 is 2.73 bits per heavy atom. The summed E-state index contributed by atoms with van der Waals surface area (Å²) in [6, 6.07) is 5.89. The van der Waals surface area contributed by atoms with E-state index in [2.05, 4.69) is 27.4 Å². The van der Waals surface area contributed by atoms with Crippen LogP contribution in [0, 0.1) is 0 Å². The number of allylic oxidation sites excluding steroid dienone is 1. The van der Waals surface area contributed by atoms with Gasteiger partial charge in [0.05, 0.1) is 15.4 Å². The van der Waals surface area contributed by atoms with Crippen LogP contribution in [0.4, 0.5) is 5.69 Å². The molecule has 0 spiro atoms. The van der Waals surface area contributed by atoms with Crippen LogP contribution in [0.25, 0.3) is 10.2 Å².